The van der Waals surface area contributed by atoms with Gasteiger partial charge in [0.2, 0.25) is 0 Å². The second-order valence-corrected chi connectivity index (χ2v) is 9.16. The van der Waals surface area contributed by atoms with E-state index in [4.69, 9.17) is 6.42 Å². The van der Waals surface area contributed by atoms with Crippen LogP contribution in [0.4, 0.5) is 0 Å². The summed E-state index contributed by atoms with van der Waals surface area (Å²) in [5.74, 6) is 4.65. The Bertz CT molecular complexity index is 587. The average molecular weight is 314 g/mol. The van der Waals surface area contributed by atoms with Gasteiger partial charge in [-0.2, -0.15) is 0 Å². The fourth-order valence-electron chi connectivity index (χ4n) is 6.89. The summed E-state index contributed by atoms with van der Waals surface area (Å²) in [4.78, 5) is 0. The molecule has 0 aromatic rings. The third-order valence-corrected chi connectivity index (χ3v) is 8.47. The highest BCUT2D eigenvalue weighted by Crippen LogP contribution is 2.66. The predicted octanol–water partition coefficient (Wildman–Crippen LogP) is 3.67. The summed E-state index contributed by atoms with van der Waals surface area (Å²) in [7, 11) is 0. The SMILES string of the molecule is C#C[C@@]1(O)CC[C@@H]2[C@@H]3CC=C4C[C@@H](O)CC[C@]4(C)[C@H]3CC[C@]21C. The van der Waals surface area contributed by atoms with Crippen molar-refractivity contribution in [1.82, 2.24) is 0 Å². The van der Waals surface area contributed by atoms with Crippen molar-refractivity contribution in [1.29, 1.82) is 0 Å². The van der Waals surface area contributed by atoms with Crippen LogP contribution in [0, 0.1) is 40.9 Å². The molecule has 2 N–H and O–H groups in total. The van der Waals surface area contributed by atoms with E-state index in [-0.39, 0.29) is 16.9 Å². The zero-order chi connectivity index (χ0) is 16.5. The van der Waals surface area contributed by atoms with Gasteiger partial charge in [-0.15, -0.1) is 6.42 Å². The molecule has 4 aliphatic carbocycles. The van der Waals surface area contributed by atoms with Gasteiger partial charge in [-0.05, 0) is 74.5 Å². The summed E-state index contributed by atoms with van der Waals surface area (Å²) in [5, 5.41) is 21.0. The van der Waals surface area contributed by atoms with Gasteiger partial charge in [-0.3, -0.25) is 0 Å². The highest BCUT2D eigenvalue weighted by atomic mass is 16.3. The van der Waals surface area contributed by atoms with Crippen molar-refractivity contribution in [3.63, 3.8) is 0 Å². The molecule has 0 aliphatic heterocycles. The van der Waals surface area contributed by atoms with Crippen LogP contribution in [0.15, 0.2) is 11.6 Å². The Morgan fingerprint density at radius 2 is 1.87 bits per heavy atom. The molecule has 2 heteroatoms. The summed E-state index contributed by atoms with van der Waals surface area (Å²) in [6.07, 6.45) is 16.1. The Morgan fingerprint density at radius 1 is 1.13 bits per heavy atom. The largest absolute Gasteiger partial charge is 0.393 e. The molecule has 0 aromatic heterocycles. The lowest BCUT2D eigenvalue weighted by molar-refractivity contribution is -0.0969. The maximum Gasteiger partial charge on any atom is 0.130 e. The fraction of sp³-hybridized carbons (Fsp3) is 0.810. The van der Waals surface area contributed by atoms with Crippen LogP contribution < -0.4 is 0 Å². The molecular formula is C21H30O2. The minimum Gasteiger partial charge on any atom is -0.393 e. The minimum atomic E-state index is -0.906. The van der Waals surface area contributed by atoms with Gasteiger partial charge in [0.05, 0.1) is 6.10 Å². The molecule has 0 aromatic carbocycles. The Morgan fingerprint density at radius 3 is 2.61 bits per heavy atom. The maximum absolute atomic E-state index is 11.0. The fourth-order valence-corrected chi connectivity index (χ4v) is 6.89. The molecule has 7 atom stereocenters. The monoisotopic (exact) mass is 314 g/mol. The van der Waals surface area contributed by atoms with Crippen LogP contribution >= 0.6 is 0 Å². The molecule has 0 spiro atoms. The number of terminal acetylenes is 1. The van der Waals surface area contributed by atoms with E-state index in [9.17, 15) is 10.2 Å². The molecule has 0 unspecified atom stereocenters. The van der Waals surface area contributed by atoms with Gasteiger partial charge in [0.1, 0.15) is 5.60 Å². The summed E-state index contributed by atoms with van der Waals surface area (Å²) in [6, 6.07) is 0. The van der Waals surface area contributed by atoms with Gasteiger partial charge in [-0.25, -0.2) is 0 Å². The van der Waals surface area contributed by atoms with E-state index in [1.807, 2.05) is 0 Å². The van der Waals surface area contributed by atoms with Gasteiger partial charge in [-0.1, -0.05) is 31.4 Å². The quantitative estimate of drug-likeness (QED) is 0.529. The van der Waals surface area contributed by atoms with Crippen molar-refractivity contribution in [3.8, 4) is 12.3 Å². The molecule has 0 bridgehead atoms. The molecule has 0 amide bonds. The van der Waals surface area contributed by atoms with Gasteiger partial charge >= 0.3 is 0 Å². The topological polar surface area (TPSA) is 40.5 Å². The second kappa shape index (κ2) is 4.87. The van der Waals surface area contributed by atoms with Crippen LogP contribution in [0.25, 0.3) is 0 Å². The maximum atomic E-state index is 11.0. The van der Waals surface area contributed by atoms with Gasteiger partial charge in [0.15, 0.2) is 0 Å². The molecule has 3 fully saturated rings. The van der Waals surface area contributed by atoms with E-state index < -0.39 is 5.60 Å². The van der Waals surface area contributed by atoms with Crippen molar-refractivity contribution >= 4 is 0 Å². The zero-order valence-corrected chi connectivity index (χ0v) is 14.5. The van der Waals surface area contributed by atoms with E-state index in [2.05, 4.69) is 25.8 Å². The van der Waals surface area contributed by atoms with E-state index in [0.29, 0.717) is 17.8 Å². The summed E-state index contributed by atoms with van der Waals surface area (Å²) in [5.41, 5.74) is 0.751. The zero-order valence-electron chi connectivity index (χ0n) is 14.5. The lowest BCUT2D eigenvalue weighted by atomic mass is 9.47. The Kier molecular flexibility index (Phi) is 3.33. The highest BCUT2D eigenvalue weighted by molar-refractivity contribution is 5.28. The van der Waals surface area contributed by atoms with Crippen LogP contribution in [0.1, 0.15) is 65.2 Å². The van der Waals surface area contributed by atoms with Gasteiger partial charge < -0.3 is 10.2 Å². The first-order valence-electron chi connectivity index (χ1n) is 9.42. The Hall–Kier alpha value is -0.780. The predicted molar refractivity (Wildman–Crippen MR) is 91.5 cm³/mol. The lowest BCUT2D eigenvalue weighted by Gasteiger charge is -2.58. The molecule has 23 heavy (non-hydrogen) atoms. The number of aliphatic hydroxyl groups excluding tert-OH is 1. The van der Waals surface area contributed by atoms with Crippen LogP contribution in [-0.4, -0.2) is 21.9 Å². The summed E-state index contributed by atoms with van der Waals surface area (Å²) < 4.78 is 0. The smallest absolute Gasteiger partial charge is 0.130 e. The van der Waals surface area contributed by atoms with Crippen molar-refractivity contribution in [2.45, 2.75) is 76.9 Å². The first-order chi connectivity index (χ1) is 10.8. The van der Waals surface area contributed by atoms with E-state index in [0.717, 1.165) is 44.9 Å². The van der Waals surface area contributed by atoms with E-state index in [1.54, 1.807) is 0 Å². The number of rotatable bonds is 0. The Labute approximate surface area is 140 Å². The molecule has 0 radical (unpaired) electrons. The van der Waals surface area contributed by atoms with Crippen molar-refractivity contribution < 1.29 is 10.2 Å². The van der Waals surface area contributed by atoms with Gasteiger partial charge in [0, 0.05) is 5.41 Å². The normalized spacial score (nSPS) is 55.2. The van der Waals surface area contributed by atoms with Crippen molar-refractivity contribution in [2.24, 2.45) is 28.6 Å². The lowest BCUT2D eigenvalue weighted by Crippen LogP contribution is -2.54. The van der Waals surface area contributed by atoms with Crippen LogP contribution in [-0.2, 0) is 0 Å². The third-order valence-electron chi connectivity index (χ3n) is 8.47. The molecule has 4 rings (SSSR count). The van der Waals surface area contributed by atoms with Crippen molar-refractivity contribution in [3.05, 3.63) is 11.6 Å². The molecule has 0 heterocycles. The summed E-state index contributed by atoms with van der Waals surface area (Å²) in [6.45, 7) is 4.68. The number of fused-ring (bicyclic) bond motifs is 5. The summed E-state index contributed by atoms with van der Waals surface area (Å²) >= 11 is 0. The number of hydrogen-bond donors (Lipinski definition) is 2. The molecule has 3 saturated carbocycles. The number of allylic oxidation sites excluding steroid dienone is 1. The Balaban J connectivity index is 1.69. The standard InChI is InChI=1S/C21H30O2/c1-4-21(23)12-9-18-16-6-5-14-13-15(22)7-10-19(14,2)17(16)8-11-20(18,21)3/h1,5,15-18,22-23H,6-13H2,2-3H3/t15-,16+,17-,18+,19-,20+,21+/m0/s1. The number of hydrogen-bond acceptors (Lipinski definition) is 2. The molecular weight excluding hydrogens is 284 g/mol. The van der Waals surface area contributed by atoms with E-state index in [1.165, 1.54) is 12.0 Å². The average Bonchev–Trinajstić information content (AvgIpc) is 2.80. The molecule has 2 nitrogen and oxygen atoms in total. The highest BCUT2D eigenvalue weighted by Gasteiger charge is 2.63. The molecule has 0 saturated heterocycles. The third kappa shape index (κ3) is 1.90. The first-order valence-corrected chi connectivity index (χ1v) is 9.42. The van der Waals surface area contributed by atoms with Gasteiger partial charge in [0.25, 0.3) is 0 Å². The van der Waals surface area contributed by atoms with E-state index >= 15 is 0 Å². The second-order valence-electron chi connectivity index (χ2n) is 9.16. The van der Waals surface area contributed by atoms with Crippen LogP contribution in [0.5, 0.6) is 0 Å². The number of aliphatic hydroxyl groups is 2. The molecule has 4 aliphatic rings. The molecule has 126 valence electrons. The minimum absolute atomic E-state index is 0.112. The van der Waals surface area contributed by atoms with Crippen molar-refractivity contribution in [2.75, 3.05) is 0 Å². The first kappa shape index (κ1) is 15.7. The van der Waals surface area contributed by atoms with Crippen LogP contribution in [0.2, 0.25) is 0 Å². The van der Waals surface area contributed by atoms with Crippen LogP contribution in [0.3, 0.4) is 0 Å².